The fourth-order valence-corrected chi connectivity index (χ4v) is 1.75. The Bertz CT molecular complexity index is 279. The van der Waals surface area contributed by atoms with Crippen molar-refractivity contribution in [2.24, 2.45) is 0 Å². The van der Waals surface area contributed by atoms with Crippen LogP contribution >= 0.6 is 0 Å². The maximum atomic E-state index is 11.1. The zero-order valence-electron chi connectivity index (χ0n) is 6.46. The lowest BCUT2D eigenvalue weighted by atomic mass is 10.1. The molecule has 0 radical (unpaired) electrons. The summed E-state index contributed by atoms with van der Waals surface area (Å²) < 4.78 is 25.4. The van der Waals surface area contributed by atoms with Crippen LogP contribution in [-0.2, 0) is 19.4 Å². The van der Waals surface area contributed by atoms with Crippen molar-refractivity contribution >= 4 is 15.8 Å². The second-order valence-corrected chi connectivity index (χ2v) is 5.33. The highest BCUT2D eigenvalue weighted by atomic mass is 32.2. The first kappa shape index (κ1) is 8.52. The molecule has 0 N–H and O–H groups in total. The lowest BCUT2D eigenvalue weighted by Gasteiger charge is -2.15. The van der Waals surface area contributed by atoms with Gasteiger partial charge in [0, 0.05) is 12.7 Å². The van der Waals surface area contributed by atoms with Gasteiger partial charge in [-0.1, -0.05) is 0 Å². The minimum absolute atomic E-state index is 0.211. The summed E-state index contributed by atoms with van der Waals surface area (Å²) in [7, 11) is -3.33. The first-order valence-electron chi connectivity index (χ1n) is 3.25. The van der Waals surface area contributed by atoms with Crippen molar-refractivity contribution in [1.29, 1.82) is 0 Å². The first-order valence-corrected chi connectivity index (χ1v) is 5.14. The van der Waals surface area contributed by atoms with Gasteiger partial charge >= 0.3 is 5.97 Å². The Balaban J connectivity index is 3.10. The summed E-state index contributed by atoms with van der Waals surface area (Å²) >= 11 is 0. The summed E-state index contributed by atoms with van der Waals surface area (Å²) in [5, 5.41) is 0. The zero-order valence-corrected chi connectivity index (χ0v) is 7.27. The number of hydrogen-bond donors (Lipinski definition) is 0. The van der Waals surface area contributed by atoms with Crippen LogP contribution in [0.5, 0.6) is 0 Å². The standard InChI is InChI=1S/C6H10O4S/c1-6(11(2,8)9)3-4-10-5(6)7/h3-4H2,1-2H3. The predicted molar refractivity (Wildman–Crippen MR) is 38.8 cm³/mol. The summed E-state index contributed by atoms with van der Waals surface area (Å²) in [6, 6.07) is 0. The molecule has 11 heavy (non-hydrogen) atoms. The van der Waals surface area contributed by atoms with Gasteiger partial charge in [-0.05, 0) is 6.92 Å². The molecule has 0 spiro atoms. The summed E-state index contributed by atoms with van der Waals surface area (Å²) in [5.41, 5.74) is 0. The molecule has 1 unspecified atom stereocenters. The molecule has 1 aliphatic rings. The van der Waals surface area contributed by atoms with Crippen LogP contribution in [0.25, 0.3) is 0 Å². The number of sulfone groups is 1. The van der Waals surface area contributed by atoms with E-state index in [1.54, 1.807) is 0 Å². The van der Waals surface area contributed by atoms with Crippen LogP contribution < -0.4 is 0 Å². The van der Waals surface area contributed by atoms with Gasteiger partial charge in [0.05, 0.1) is 6.61 Å². The summed E-state index contributed by atoms with van der Waals surface area (Å²) in [6.45, 7) is 1.61. The molecule has 0 aromatic rings. The quantitative estimate of drug-likeness (QED) is 0.519. The molecule has 5 heteroatoms. The molecular weight excluding hydrogens is 168 g/mol. The van der Waals surface area contributed by atoms with E-state index in [4.69, 9.17) is 0 Å². The highest BCUT2D eigenvalue weighted by Gasteiger charge is 2.48. The fourth-order valence-electron chi connectivity index (χ4n) is 0.930. The van der Waals surface area contributed by atoms with Crippen LogP contribution in [-0.4, -0.2) is 32.0 Å². The second-order valence-electron chi connectivity index (χ2n) is 2.89. The molecule has 0 aromatic heterocycles. The van der Waals surface area contributed by atoms with Crippen molar-refractivity contribution in [2.45, 2.75) is 18.1 Å². The van der Waals surface area contributed by atoms with Gasteiger partial charge in [0.1, 0.15) is 0 Å². The molecule has 1 saturated heterocycles. The molecular formula is C6H10O4S. The molecule has 1 atom stereocenters. The van der Waals surface area contributed by atoms with Crippen molar-refractivity contribution in [3.8, 4) is 0 Å². The number of ether oxygens (including phenoxy) is 1. The van der Waals surface area contributed by atoms with Crippen LogP contribution in [0.1, 0.15) is 13.3 Å². The summed E-state index contributed by atoms with van der Waals surface area (Å²) in [6.07, 6.45) is 1.32. The number of carbonyl (C=O) groups excluding carboxylic acids is 1. The lowest BCUT2D eigenvalue weighted by Crippen LogP contribution is -2.39. The van der Waals surface area contributed by atoms with E-state index in [1.807, 2.05) is 0 Å². The van der Waals surface area contributed by atoms with Crippen LogP contribution in [0.4, 0.5) is 0 Å². The Morgan fingerprint density at radius 1 is 1.55 bits per heavy atom. The van der Waals surface area contributed by atoms with Crippen LogP contribution in [0.2, 0.25) is 0 Å². The predicted octanol–water partition coefficient (Wildman–Crippen LogP) is -0.263. The average molecular weight is 178 g/mol. The Morgan fingerprint density at radius 2 is 2.09 bits per heavy atom. The molecule has 1 aliphatic heterocycles. The Hall–Kier alpha value is -0.580. The molecule has 0 saturated carbocycles. The third-order valence-corrected chi connectivity index (χ3v) is 4.07. The Morgan fingerprint density at radius 3 is 2.27 bits per heavy atom. The number of cyclic esters (lactones) is 1. The van der Waals surface area contributed by atoms with E-state index >= 15 is 0 Å². The fraction of sp³-hybridized carbons (Fsp3) is 0.833. The van der Waals surface area contributed by atoms with E-state index in [1.165, 1.54) is 6.92 Å². The highest BCUT2D eigenvalue weighted by molar-refractivity contribution is 7.92. The zero-order chi connectivity index (χ0) is 8.70. The van der Waals surface area contributed by atoms with Crippen molar-refractivity contribution in [3.63, 3.8) is 0 Å². The van der Waals surface area contributed by atoms with Gasteiger partial charge in [-0.3, -0.25) is 4.79 Å². The van der Waals surface area contributed by atoms with Gasteiger partial charge < -0.3 is 4.74 Å². The SMILES string of the molecule is CC1(S(C)(=O)=O)CCOC1=O. The largest absolute Gasteiger partial charge is 0.464 e. The molecule has 0 aromatic carbocycles. The van der Waals surface area contributed by atoms with Crippen LogP contribution in [0, 0.1) is 0 Å². The van der Waals surface area contributed by atoms with E-state index in [2.05, 4.69) is 4.74 Å². The number of carbonyl (C=O) groups is 1. The lowest BCUT2D eigenvalue weighted by molar-refractivity contribution is -0.139. The van der Waals surface area contributed by atoms with E-state index in [9.17, 15) is 13.2 Å². The van der Waals surface area contributed by atoms with Gasteiger partial charge in [-0.15, -0.1) is 0 Å². The van der Waals surface area contributed by atoms with E-state index in [0.29, 0.717) is 0 Å². The molecule has 0 bridgehead atoms. The molecule has 4 nitrogen and oxygen atoms in total. The van der Waals surface area contributed by atoms with Crippen molar-refractivity contribution in [2.75, 3.05) is 12.9 Å². The topological polar surface area (TPSA) is 60.4 Å². The highest BCUT2D eigenvalue weighted by Crippen LogP contribution is 2.27. The number of esters is 1. The minimum atomic E-state index is -3.33. The van der Waals surface area contributed by atoms with Crippen molar-refractivity contribution < 1.29 is 17.9 Å². The monoisotopic (exact) mass is 178 g/mol. The molecule has 0 amide bonds. The molecule has 1 rings (SSSR count). The number of hydrogen-bond acceptors (Lipinski definition) is 4. The molecule has 1 heterocycles. The molecule has 64 valence electrons. The average Bonchev–Trinajstić information content (AvgIpc) is 2.12. The molecule has 0 aliphatic carbocycles. The Kier molecular flexibility index (Phi) is 1.70. The van der Waals surface area contributed by atoms with E-state index < -0.39 is 20.6 Å². The summed E-state index contributed by atoms with van der Waals surface area (Å²) in [4.78, 5) is 10.9. The van der Waals surface area contributed by atoms with E-state index in [0.717, 1.165) is 6.26 Å². The minimum Gasteiger partial charge on any atom is -0.464 e. The van der Waals surface area contributed by atoms with Crippen molar-refractivity contribution in [1.82, 2.24) is 0 Å². The normalized spacial score (nSPS) is 32.0. The van der Waals surface area contributed by atoms with E-state index in [-0.39, 0.29) is 13.0 Å². The maximum Gasteiger partial charge on any atom is 0.327 e. The van der Waals surface area contributed by atoms with Crippen LogP contribution in [0.15, 0.2) is 0 Å². The summed E-state index contributed by atoms with van der Waals surface area (Å²) in [5.74, 6) is -0.625. The number of rotatable bonds is 1. The maximum absolute atomic E-state index is 11.1. The third-order valence-electron chi connectivity index (χ3n) is 2.06. The van der Waals surface area contributed by atoms with Gasteiger partial charge in [0.2, 0.25) is 0 Å². The molecule has 1 fully saturated rings. The Labute approximate surface area is 65.5 Å². The van der Waals surface area contributed by atoms with Gasteiger partial charge in [-0.2, -0.15) is 0 Å². The first-order chi connectivity index (χ1) is 4.88. The van der Waals surface area contributed by atoms with Gasteiger partial charge in [0.25, 0.3) is 0 Å². The van der Waals surface area contributed by atoms with Gasteiger partial charge in [0.15, 0.2) is 14.6 Å². The second kappa shape index (κ2) is 2.20. The van der Waals surface area contributed by atoms with Gasteiger partial charge in [-0.25, -0.2) is 8.42 Å². The van der Waals surface area contributed by atoms with Crippen molar-refractivity contribution in [3.05, 3.63) is 0 Å². The van der Waals surface area contributed by atoms with Crippen LogP contribution in [0.3, 0.4) is 0 Å². The smallest absolute Gasteiger partial charge is 0.327 e. The third kappa shape index (κ3) is 1.13.